The molecule has 31 heavy (non-hydrogen) atoms. The maximum Gasteiger partial charge on any atom is 0.267 e. The summed E-state index contributed by atoms with van der Waals surface area (Å²) in [6.07, 6.45) is 2.16. The minimum atomic E-state index is -3.55. The molecule has 2 aliphatic rings. The molecule has 0 aromatic heterocycles. The number of carbonyl (C=O) groups excluding carboxylic acids is 2. The molecular formula is C21H28BrN3O5S. The first kappa shape index (κ1) is 23.7. The molecule has 1 fully saturated rings. The van der Waals surface area contributed by atoms with Gasteiger partial charge in [0.25, 0.3) is 5.91 Å². The van der Waals surface area contributed by atoms with Gasteiger partial charge in [0.2, 0.25) is 12.0 Å². The molecule has 8 nitrogen and oxygen atoms in total. The van der Waals surface area contributed by atoms with Gasteiger partial charge in [0, 0.05) is 29.9 Å². The zero-order valence-corrected chi connectivity index (χ0v) is 20.1. The molecule has 2 unspecified atom stereocenters. The summed E-state index contributed by atoms with van der Waals surface area (Å²) in [6, 6.07) is 5.91. The molecule has 0 aliphatic carbocycles. The molecule has 2 aliphatic heterocycles. The number of nitrogens with zero attached hydrogens (tertiary/aromatic N) is 2. The van der Waals surface area contributed by atoms with Gasteiger partial charge in [-0.3, -0.25) is 9.59 Å². The Balaban J connectivity index is 1.52. The van der Waals surface area contributed by atoms with E-state index < -0.39 is 15.9 Å². The lowest BCUT2D eigenvalue weighted by Gasteiger charge is -2.31. The molecule has 1 N–H and O–H groups in total. The predicted molar refractivity (Wildman–Crippen MR) is 120 cm³/mol. The molecule has 2 heterocycles. The van der Waals surface area contributed by atoms with E-state index in [9.17, 15) is 18.0 Å². The molecule has 0 bridgehead atoms. The number of halogens is 1. The zero-order chi connectivity index (χ0) is 22.6. The van der Waals surface area contributed by atoms with Crippen LogP contribution in [0.2, 0.25) is 0 Å². The summed E-state index contributed by atoms with van der Waals surface area (Å²) in [5.41, 5.74) is 0.877. The van der Waals surface area contributed by atoms with Crippen molar-refractivity contribution in [1.82, 2.24) is 10.2 Å². The number of likely N-dealkylation sites (tertiary alicyclic amines) is 1. The summed E-state index contributed by atoms with van der Waals surface area (Å²) in [7, 11) is -3.55. The predicted octanol–water partition coefficient (Wildman–Crippen LogP) is 2.66. The number of carbonyl (C=O) groups is 2. The van der Waals surface area contributed by atoms with Crippen LogP contribution < -0.4 is 5.32 Å². The monoisotopic (exact) mass is 513 g/mol. The summed E-state index contributed by atoms with van der Waals surface area (Å²) in [4.78, 5) is 32.6. The first-order valence-corrected chi connectivity index (χ1v) is 13.0. The van der Waals surface area contributed by atoms with E-state index in [0.717, 1.165) is 29.4 Å². The molecule has 2 amide bonds. The van der Waals surface area contributed by atoms with Gasteiger partial charge in [-0.05, 0) is 50.5 Å². The normalized spacial score (nSPS) is 22.0. The summed E-state index contributed by atoms with van der Waals surface area (Å²) in [6.45, 7) is 4.44. The molecule has 10 heteroatoms. The standard InChI is InChI=1S/C21H28BrN3O5S/c1-3-16-13-19(30-24-16)21(27)25-11-4-5-18(25)14(2)23-20(26)10-12-31(28,29)17-8-6-15(22)7-9-17/h6-9,14,18-19H,3-5,10-13H2,1-2H3,(H,23,26)/t14?,18-,19?/m0/s1. The number of amides is 2. The van der Waals surface area contributed by atoms with Crippen LogP contribution in [0.25, 0.3) is 0 Å². The Morgan fingerprint density at radius 3 is 2.68 bits per heavy atom. The lowest BCUT2D eigenvalue weighted by Crippen LogP contribution is -2.51. The molecule has 3 rings (SSSR count). The first-order valence-electron chi connectivity index (χ1n) is 10.5. The smallest absolute Gasteiger partial charge is 0.267 e. The Kier molecular flexibility index (Phi) is 7.74. The van der Waals surface area contributed by atoms with Crippen molar-refractivity contribution in [1.29, 1.82) is 0 Å². The minimum absolute atomic E-state index is 0.103. The number of sulfone groups is 1. The van der Waals surface area contributed by atoms with Gasteiger partial charge in [-0.1, -0.05) is 28.0 Å². The SMILES string of the molecule is CCC1=NOC(C(=O)N2CCC[C@H]2C(C)NC(=O)CCS(=O)(=O)c2ccc(Br)cc2)C1. The third kappa shape index (κ3) is 5.85. The molecule has 0 spiro atoms. The maximum absolute atomic E-state index is 12.9. The Morgan fingerprint density at radius 1 is 1.32 bits per heavy atom. The Morgan fingerprint density at radius 2 is 2.03 bits per heavy atom. The molecule has 3 atom stereocenters. The van der Waals surface area contributed by atoms with Crippen LogP contribution in [-0.2, 0) is 24.3 Å². The first-order chi connectivity index (χ1) is 14.7. The second-order valence-corrected chi connectivity index (χ2v) is 11.0. The number of nitrogens with one attached hydrogen (secondary N) is 1. The summed E-state index contributed by atoms with van der Waals surface area (Å²) < 4.78 is 25.7. The van der Waals surface area contributed by atoms with Crippen LogP contribution in [-0.4, -0.2) is 61.3 Å². The molecule has 170 valence electrons. The fourth-order valence-corrected chi connectivity index (χ4v) is 5.45. The number of hydrogen-bond donors (Lipinski definition) is 1. The largest absolute Gasteiger partial charge is 0.382 e. The van der Waals surface area contributed by atoms with E-state index >= 15 is 0 Å². The third-order valence-corrected chi connectivity index (χ3v) is 7.99. The highest BCUT2D eigenvalue weighted by atomic mass is 79.9. The summed E-state index contributed by atoms with van der Waals surface area (Å²) in [5, 5.41) is 6.84. The summed E-state index contributed by atoms with van der Waals surface area (Å²) >= 11 is 3.28. The van der Waals surface area contributed by atoms with Crippen molar-refractivity contribution in [3.8, 4) is 0 Å². The number of benzene rings is 1. The highest BCUT2D eigenvalue weighted by Crippen LogP contribution is 2.25. The van der Waals surface area contributed by atoms with E-state index in [0.29, 0.717) is 13.0 Å². The van der Waals surface area contributed by atoms with Crippen LogP contribution in [0, 0.1) is 0 Å². The Labute approximate surface area is 191 Å². The molecule has 1 aromatic rings. The molecule has 0 radical (unpaired) electrons. The van der Waals surface area contributed by atoms with Crippen molar-refractivity contribution in [2.24, 2.45) is 5.16 Å². The van der Waals surface area contributed by atoms with Gasteiger partial charge in [0.15, 0.2) is 9.84 Å². The molecule has 1 saturated heterocycles. The van der Waals surface area contributed by atoms with Crippen LogP contribution in [0.3, 0.4) is 0 Å². The van der Waals surface area contributed by atoms with Crippen molar-refractivity contribution in [2.75, 3.05) is 12.3 Å². The number of oxime groups is 1. The van der Waals surface area contributed by atoms with Crippen LogP contribution in [0.5, 0.6) is 0 Å². The Hall–Kier alpha value is -1.94. The van der Waals surface area contributed by atoms with Gasteiger partial charge in [-0.25, -0.2) is 8.42 Å². The van der Waals surface area contributed by atoms with E-state index in [1.165, 1.54) is 12.1 Å². The van der Waals surface area contributed by atoms with Crippen LogP contribution in [0.1, 0.15) is 46.0 Å². The lowest BCUT2D eigenvalue weighted by molar-refractivity contribution is -0.143. The zero-order valence-electron chi connectivity index (χ0n) is 17.7. The molecule has 1 aromatic carbocycles. The van der Waals surface area contributed by atoms with E-state index in [1.807, 2.05) is 13.8 Å². The van der Waals surface area contributed by atoms with Crippen molar-refractivity contribution in [3.63, 3.8) is 0 Å². The quantitative estimate of drug-likeness (QED) is 0.575. The van der Waals surface area contributed by atoms with E-state index in [1.54, 1.807) is 17.0 Å². The van der Waals surface area contributed by atoms with Crippen molar-refractivity contribution in [2.45, 2.75) is 69.0 Å². The number of hydrogen-bond acceptors (Lipinski definition) is 6. The Bertz CT molecular complexity index is 948. The second kappa shape index (κ2) is 10.1. The highest BCUT2D eigenvalue weighted by Gasteiger charge is 2.39. The van der Waals surface area contributed by atoms with Crippen LogP contribution in [0.4, 0.5) is 0 Å². The fourth-order valence-electron chi connectivity index (χ4n) is 3.95. The summed E-state index contributed by atoms with van der Waals surface area (Å²) in [5.74, 6) is -0.720. The highest BCUT2D eigenvalue weighted by molar-refractivity contribution is 9.10. The fraction of sp³-hybridized carbons (Fsp3) is 0.571. The maximum atomic E-state index is 12.9. The van der Waals surface area contributed by atoms with E-state index in [-0.39, 0.29) is 41.0 Å². The van der Waals surface area contributed by atoms with Crippen molar-refractivity contribution < 1.29 is 22.8 Å². The minimum Gasteiger partial charge on any atom is -0.382 e. The second-order valence-electron chi connectivity index (χ2n) is 7.93. The molecular weight excluding hydrogens is 486 g/mol. The molecule has 0 saturated carbocycles. The van der Waals surface area contributed by atoms with Gasteiger partial charge in [0.1, 0.15) is 0 Å². The third-order valence-electron chi connectivity index (χ3n) is 5.73. The van der Waals surface area contributed by atoms with Gasteiger partial charge in [-0.2, -0.15) is 0 Å². The van der Waals surface area contributed by atoms with Crippen molar-refractivity contribution >= 4 is 43.3 Å². The van der Waals surface area contributed by atoms with Gasteiger partial charge >= 0.3 is 0 Å². The van der Waals surface area contributed by atoms with E-state index in [2.05, 4.69) is 26.4 Å². The van der Waals surface area contributed by atoms with Crippen molar-refractivity contribution in [3.05, 3.63) is 28.7 Å². The van der Waals surface area contributed by atoms with Crippen LogP contribution in [0.15, 0.2) is 38.8 Å². The number of rotatable bonds is 8. The van der Waals surface area contributed by atoms with E-state index in [4.69, 9.17) is 4.84 Å². The van der Waals surface area contributed by atoms with Gasteiger partial charge in [0.05, 0.1) is 22.4 Å². The van der Waals surface area contributed by atoms with Gasteiger partial charge < -0.3 is 15.1 Å². The topological polar surface area (TPSA) is 105 Å². The van der Waals surface area contributed by atoms with Gasteiger partial charge in [-0.15, -0.1) is 0 Å². The average Bonchev–Trinajstić information content (AvgIpc) is 3.42. The average molecular weight is 514 g/mol. The van der Waals surface area contributed by atoms with Crippen LogP contribution >= 0.6 is 15.9 Å². The lowest BCUT2D eigenvalue weighted by atomic mass is 10.1.